The van der Waals surface area contributed by atoms with E-state index in [1.54, 1.807) is 18.2 Å². The molecule has 0 unspecified atom stereocenters. The minimum absolute atomic E-state index is 0.108. The molecule has 0 saturated carbocycles. The molecule has 3 heterocycles. The van der Waals surface area contributed by atoms with Crippen molar-refractivity contribution in [3.05, 3.63) is 46.0 Å². The smallest absolute Gasteiger partial charge is 0.189 e. The Morgan fingerprint density at radius 2 is 1.81 bits per heavy atom. The Balaban J connectivity index is 1.33. The van der Waals surface area contributed by atoms with Crippen LogP contribution in [0.3, 0.4) is 0 Å². The lowest BCUT2D eigenvalue weighted by atomic mass is 9.95. The summed E-state index contributed by atoms with van der Waals surface area (Å²) in [5.41, 5.74) is 1.02. The van der Waals surface area contributed by atoms with E-state index >= 15 is 0 Å². The summed E-state index contributed by atoms with van der Waals surface area (Å²) in [6, 6.07) is 6.27. The maximum atomic E-state index is 14.0. The number of H-pyrrole nitrogens is 1. The molecule has 1 aromatic heterocycles. The quantitative estimate of drug-likeness (QED) is 0.893. The molecule has 0 bridgehead atoms. The van der Waals surface area contributed by atoms with E-state index < -0.39 is 0 Å². The van der Waals surface area contributed by atoms with Gasteiger partial charge in [-0.1, -0.05) is 6.07 Å². The Bertz CT molecular complexity index is 836. The number of likely N-dealkylation sites (tertiary alicyclic amines) is 1. The molecule has 2 aliphatic rings. The molecule has 1 aromatic carbocycles. The molecule has 27 heavy (non-hydrogen) atoms. The van der Waals surface area contributed by atoms with Crippen LogP contribution in [-0.4, -0.2) is 72.5 Å². The minimum Gasteiger partial charge on any atom is -0.355 e. The number of likely N-dealkylation sites (N-methyl/N-ethyl adjacent to an activating group) is 1. The fraction of sp³-hybridized carbons (Fsp3) is 0.571. The molecule has 2 saturated heterocycles. The number of rotatable bonds is 4. The molecule has 0 atom stereocenters. The first kappa shape index (κ1) is 18.6. The van der Waals surface area contributed by atoms with Gasteiger partial charge in [-0.3, -0.25) is 9.69 Å². The van der Waals surface area contributed by atoms with E-state index in [9.17, 15) is 9.18 Å². The van der Waals surface area contributed by atoms with Gasteiger partial charge in [-0.25, -0.2) is 4.39 Å². The highest BCUT2D eigenvalue weighted by Crippen LogP contribution is 2.21. The summed E-state index contributed by atoms with van der Waals surface area (Å²) in [6.45, 7) is 8.67. The van der Waals surface area contributed by atoms with Gasteiger partial charge in [0.25, 0.3) is 0 Å². The van der Waals surface area contributed by atoms with Gasteiger partial charge in [-0.15, -0.1) is 0 Å². The van der Waals surface area contributed by atoms with Crippen LogP contribution in [0.15, 0.2) is 29.1 Å². The molecule has 146 valence electrons. The van der Waals surface area contributed by atoms with Crippen LogP contribution in [0.25, 0.3) is 10.9 Å². The highest BCUT2D eigenvalue weighted by atomic mass is 19.1. The Morgan fingerprint density at radius 3 is 2.56 bits per heavy atom. The van der Waals surface area contributed by atoms with Crippen LogP contribution >= 0.6 is 0 Å². The highest BCUT2D eigenvalue weighted by molar-refractivity contribution is 5.78. The number of nitrogens with one attached hydrogen (secondary N) is 1. The summed E-state index contributed by atoms with van der Waals surface area (Å²) in [7, 11) is 2.19. The molecule has 6 heteroatoms. The van der Waals surface area contributed by atoms with E-state index in [1.165, 1.54) is 51.6 Å². The van der Waals surface area contributed by atoms with E-state index in [0.717, 1.165) is 24.7 Å². The summed E-state index contributed by atoms with van der Waals surface area (Å²) < 4.78 is 14.0. The number of aromatic amines is 1. The van der Waals surface area contributed by atoms with Gasteiger partial charge in [0.2, 0.25) is 0 Å². The van der Waals surface area contributed by atoms with Crippen LogP contribution < -0.4 is 5.43 Å². The van der Waals surface area contributed by atoms with Crippen molar-refractivity contribution in [2.24, 2.45) is 5.92 Å². The maximum Gasteiger partial charge on any atom is 0.189 e. The molecular formula is C21H29FN4O. The normalized spacial score (nSPS) is 21.1. The Hall–Kier alpha value is -1.76. The number of hydrogen-bond donors (Lipinski definition) is 1. The van der Waals surface area contributed by atoms with E-state index in [1.807, 2.05) is 0 Å². The summed E-state index contributed by atoms with van der Waals surface area (Å²) in [6.07, 6.45) is 2.39. The topological polar surface area (TPSA) is 42.6 Å². The van der Waals surface area contributed by atoms with Crippen molar-refractivity contribution in [2.45, 2.75) is 19.4 Å². The van der Waals surface area contributed by atoms with Crippen molar-refractivity contribution in [1.29, 1.82) is 0 Å². The maximum absolute atomic E-state index is 14.0. The molecule has 2 aromatic rings. The van der Waals surface area contributed by atoms with Crippen LogP contribution in [-0.2, 0) is 6.54 Å². The average Bonchev–Trinajstić information content (AvgIpc) is 2.66. The number of aromatic nitrogens is 1. The van der Waals surface area contributed by atoms with Crippen molar-refractivity contribution < 1.29 is 4.39 Å². The van der Waals surface area contributed by atoms with Gasteiger partial charge in [-0.2, -0.15) is 0 Å². The summed E-state index contributed by atoms with van der Waals surface area (Å²) >= 11 is 0. The average molecular weight is 372 g/mol. The molecule has 2 fully saturated rings. The fourth-order valence-corrected chi connectivity index (χ4v) is 4.34. The van der Waals surface area contributed by atoms with Crippen LogP contribution in [0.4, 0.5) is 4.39 Å². The fourth-order valence-electron chi connectivity index (χ4n) is 4.34. The minimum atomic E-state index is -0.364. The van der Waals surface area contributed by atoms with Gasteiger partial charge in [0, 0.05) is 56.4 Å². The molecule has 0 spiro atoms. The lowest BCUT2D eigenvalue weighted by Crippen LogP contribution is -2.47. The number of hydrogen-bond acceptors (Lipinski definition) is 4. The number of pyridine rings is 1. The molecule has 0 radical (unpaired) electrons. The second kappa shape index (κ2) is 8.09. The van der Waals surface area contributed by atoms with Crippen molar-refractivity contribution in [1.82, 2.24) is 19.7 Å². The number of fused-ring (bicyclic) bond motifs is 1. The van der Waals surface area contributed by atoms with Gasteiger partial charge in [0.1, 0.15) is 5.82 Å². The summed E-state index contributed by atoms with van der Waals surface area (Å²) in [5.74, 6) is 0.398. The van der Waals surface area contributed by atoms with Crippen molar-refractivity contribution in [3.63, 3.8) is 0 Å². The number of benzene rings is 1. The molecule has 4 rings (SSSR count). The van der Waals surface area contributed by atoms with Crippen molar-refractivity contribution in [3.8, 4) is 0 Å². The van der Waals surface area contributed by atoms with E-state index in [0.29, 0.717) is 17.4 Å². The van der Waals surface area contributed by atoms with Crippen molar-refractivity contribution >= 4 is 10.9 Å². The first-order valence-corrected chi connectivity index (χ1v) is 10.0. The zero-order valence-corrected chi connectivity index (χ0v) is 16.1. The molecule has 2 aliphatic heterocycles. The van der Waals surface area contributed by atoms with Gasteiger partial charge in [0.15, 0.2) is 5.43 Å². The van der Waals surface area contributed by atoms with Crippen LogP contribution in [0.1, 0.15) is 18.5 Å². The Kier molecular flexibility index (Phi) is 5.57. The number of halogens is 1. The Morgan fingerprint density at radius 1 is 1.07 bits per heavy atom. The second-order valence-corrected chi connectivity index (χ2v) is 8.14. The molecular weight excluding hydrogens is 343 g/mol. The van der Waals surface area contributed by atoms with Crippen LogP contribution in [0.5, 0.6) is 0 Å². The third kappa shape index (κ3) is 4.39. The van der Waals surface area contributed by atoms with Gasteiger partial charge in [-0.05, 0) is 51.0 Å². The predicted molar refractivity (Wildman–Crippen MR) is 106 cm³/mol. The lowest BCUT2D eigenvalue weighted by Gasteiger charge is -2.38. The van der Waals surface area contributed by atoms with E-state index in [4.69, 9.17) is 0 Å². The van der Waals surface area contributed by atoms with Gasteiger partial charge >= 0.3 is 0 Å². The largest absolute Gasteiger partial charge is 0.355 e. The van der Waals surface area contributed by atoms with Crippen LogP contribution in [0.2, 0.25) is 0 Å². The molecule has 5 nitrogen and oxygen atoms in total. The standard InChI is InChI=1S/C21H29FN4O/c1-24-9-11-26(12-10-24)14-16-5-7-25(8-6-16)15-17-13-20(27)18-3-2-4-19(22)21(18)23-17/h2-4,13,16H,5-12,14-15H2,1H3,(H,23,27). The van der Waals surface area contributed by atoms with Gasteiger partial charge in [0.05, 0.1) is 5.52 Å². The third-order valence-electron chi connectivity index (χ3n) is 6.08. The lowest BCUT2D eigenvalue weighted by molar-refractivity contribution is 0.103. The van der Waals surface area contributed by atoms with E-state index in [2.05, 4.69) is 26.7 Å². The number of para-hydroxylation sites is 1. The molecule has 0 aliphatic carbocycles. The first-order valence-electron chi connectivity index (χ1n) is 10.0. The zero-order valence-electron chi connectivity index (χ0n) is 16.1. The van der Waals surface area contributed by atoms with E-state index in [-0.39, 0.29) is 11.2 Å². The molecule has 1 N–H and O–H groups in total. The van der Waals surface area contributed by atoms with Gasteiger partial charge < -0.3 is 14.8 Å². The predicted octanol–water partition coefficient (Wildman–Crippen LogP) is 2.13. The second-order valence-electron chi connectivity index (χ2n) is 8.14. The monoisotopic (exact) mass is 372 g/mol. The number of nitrogens with zero attached hydrogens (tertiary/aromatic N) is 3. The molecule has 0 amide bonds. The number of piperidine rings is 1. The Labute approximate surface area is 159 Å². The number of piperazine rings is 1. The highest BCUT2D eigenvalue weighted by Gasteiger charge is 2.23. The van der Waals surface area contributed by atoms with Crippen molar-refractivity contribution in [2.75, 3.05) is 52.9 Å². The summed E-state index contributed by atoms with van der Waals surface area (Å²) in [5, 5.41) is 0.421. The third-order valence-corrected chi connectivity index (χ3v) is 6.08. The van der Waals surface area contributed by atoms with Crippen LogP contribution in [0, 0.1) is 11.7 Å². The SMILES string of the molecule is CN1CCN(CC2CCN(Cc3cc(=O)c4cccc(F)c4[nH]3)CC2)CC1. The summed E-state index contributed by atoms with van der Waals surface area (Å²) in [4.78, 5) is 22.8. The zero-order chi connectivity index (χ0) is 18.8. The first-order chi connectivity index (χ1) is 13.1.